The van der Waals surface area contributed by atoms with Crippen molar-refractivity contribution in [3.05, 3.63) is 83.8 Å². The molecule has 33 heavy (non-hydrogen) atoms. The maximum atomic E-state index is 13.5. The van der Waals surface area contributed by atoms with E-state index in [0.717, 1.165) is 31.5 Å². The minimum Gasteiger partial charge on any atom is -0.342 e. The van der Waals surface area contributed by atoms with Crippen LogP contribution in [0.25, 0.3) is 11.3 Å². The number of carbonyl (C=O) groups excluding carboxylic acids is 2. The molecule has 0 radical (unpaired) electrons. The van der Waals surface area contributed by atoms with Crippen LogP contribution in [0.5, 0.6) is 0 Å². The molecular formula is C27H28N4O2. The van der Waals surface area contributed by atoms with Gasteiger partial charge in [0.25, 0.3) is 5.91 Å². The van der Waals surface area contributed by atoms with E-state index in [1.165, 1.54) is 5.56 Å². The molecule has 168 valence electrons. The summed E-state index contributed by atoms with van der Waals surface area (Å²) in [6, 6.07) is 20.0. The van der Waals surface area contributed by atoms with Crippen LogP contribution >= 0.6 is 0 Å². The number of hydrogen-bond acceptors (Lipinski definition) is 4. The van der Waals surface area contributed by atoms with Gasteiger partial charge in [-0.3, -0.25) is 9.59 Å². The van der Waals surface area contributed by atoms with Gasteiger partial charge in [0.05, 0.1) is 16.7 Å². The predicted octanol–water partition coefficient (Wildman–Crippen LogP) is 3.76. The second-order valence-electron chi connectivity index (χ2n) is 9.08. The molecule has 6 heteroatoms. The summed E-state index contributed by atoms with van der Waals surface area (Å²) < 4.78 is 0. The molecule has 1 aromatic heterocycles. The van der Waals surface area contributed by atoms with Crippen LogP contribution in [0.15, 0.2) is 66.9 Å². The van der Waals surface area contributed by atoms with E-state index in [1.807, 2.05) is 65.3 Å². The standard InChI is InChI=1S/C27H28N4O2/c1-20-28-18-23(24(29-20)22-10-6-3-7-11-22)25(32)31-17-14-27(19-31)13-16-30(26(27)33)15-12-21-8-4-2-5-9-21/h2-11,18H,12-17,19H2,1H3. The highest BCUT2D eigenvalue weighted by Gasteiger charge is 2.51. The SMILES string of the molecule is Cc1ncc(C(=O)N2CCC3(CCN(CCc4ccccc4)C3=O)C2)c(-c2ccccc2)n1. The maximum Gasteiger partial charge on any atom is 0.257 e. The average Bonchev–Trinajstić information content (AvgIpc) is 3.43. The fourth-order valence-electron chi connectivity index (χ4n) is 5.05. The van der Waals surface area contributed by atoms with Gasteiger partial charge in [-0.2, -0.15) is 0 Å². The third kappa shape index (κ3) is 4.13. The van der Waals surface area contributed by atoms with Crippen LogP contribution in [0.3, 0.4) is 0 Å². The number of amides is 2. The number of rotatable bonds is 5. The Morgan fingerprint density at radius 3 is 2.45 bits per heavy atom. The molecule has 6 nitrogen and oxygen atoms in total. The molecule has 3 heterocycles. The van der Waals surface area contributed by atoms with Crippen LogP contribution in [0.4, 0.5) is 0 Å². The van der Waals surface area contributed by atoms with Crippen molar-refractivity contribution in [2.75, 3.05) is 26.2 Å². The molecule has 1 spiro atoms. The second kappa shape index (κ2) is 8.77. The minimum absolute atomic E-state index is 0.0961. The monoisotopic (exact) mass is 440 g/mol. The van der Waals surface area contributed by atoms with Crippen LogP contribution in [0, 0.1) is 12.3 Å². The van der Waals surface area contributed by atoms with Crippen LogP contribution < -0.4 is 0 Å². The second-order valence-corrected chi connectivity index (χ2v) is 9.08. The number of likely N-dealkylation sites (tertiary alicyclic amines) is 2. The highest BCUT2D eigenvalue weighted by Crippen LogP contribution is 2.41. The Balaban J connectivity index is 1.31. The molecule has 0 aliphatic carbocycles. The third-order valence-electron chi connectivity index (χ3n) is 6.94. The Bertz CT molecular complexity index is 1170. The van der Waals surface area contributed by atoms with Gasteiger partial charge in [0.1, 0.15) is 5.82 Å². The number of benzene rings is 2. The average molecular weight is 441 g/mol. The maximum absolute atomic E-state index is 13.5. The fourth-order valence-corrected chi connectivity index (χ4v) is 5.05. The summed E-state index contributed by atoms with van der Waals surface area (Å²) in [5.41, 5.74) is 2.82. The molecule has 1 atom stereocenters. The molecule has 0 N–H and O–H groups in total. The van der Waals surface area contributed by atoms with E-state index in [1.54, 1.807) is 6.20 Å². The van der Waals surface area contributed by atoms with Crippen molar-refractivity contribution >= 4 is 11.8 Å². The molecule has 2 amide bonds. The normalized spacial score (nSPS) is 20.1. The third-order valence-corrected chi connectivity index (χ3v) is 6.94. The van der Waals surface area contributed by atoms with Crippen LogP contribution in [0.2, 0.25) is 0 Å². The van der Waals surface area contributed by atoms with Crippen molar-refractivity contribution in [3.8, 4) is 11.3 Å². The van der Waals surface area contributed by atoms with Crippen molar-refractivity contribution in [1.29, 1.82) is 0 Å². The molecule has 5 rings (SSSR count). The zero-order valence-electron chi connectivity index (χ0n) is 18.9. The first-order chi connectivity index (χ1) is 16.1. The smallest absolute Gasteiger partial charge is 0.257 e. The van der Waals surface area contributed by atoms with E-state index in [9.17, 15) is 9.59 Å². The molecule has 0 bridgehead atoms. The molecular weight excluding hydrogens is 412 g/mol. The van der Waals surface area contributed by atoms with Crippen molar-refractivity contribution in [3.63, 3.8) is 0 Å². The number of aromatic nitrogens is 2. The largest absolute Gasteiger partial charge is 0.342 e. The summed E-state index contributed by atoms with van der Waals surface area (Å²) in [4.78, 5) is 39.5. The zero-order chi connectivity index (χ0) is 22.8. The van der Waals surface area contributed by atoms with E-state index in [-0.39, 0.29) is 11.8 Å². The minimum atomic E-state index is -0.454. The van der Waals surface area contributed by atoms with Crippen molar-refractivity contribution in [2.45, 2.75) is 26.2 Å². The molecule has 2 fully saturated rings. The Labute approximate surface area is 194 Å². The van der Waals surface area contributed by atoms with Gasteiger partial charge in [-0.05, 0) is 31.7 Å². The van der Waals surface area contributed by atoms with E-state index < -0.39 is 5.41 Å². The molecule has 1 unspecified atom stereocenters. The molecule has 2 aliphatic rings. The first-order valence-corrected chi connectivity index (χ1v) is 11.6. The van der Waals surface area contributed by atoms with Gasteiger partial charge in [-0.1, -0.05) is 60.7 Å². The summed E-state index contributed by atoms with van der Waals surface area (Å²) in [7, 11) is 0. The number of hydrogen-bond donors (Lipinski definition) is 0. The lowest BCUT2D eigenvalue weighted by molar-refractivity contribution is -0.135. The van der Waals surface area contributed by atoms with E-state index in [0.29, 0.717) is 36.6 Å². The van der Waals surface area contributed by atoms with Gasteiger partial charge in [0.2, 0.25) is 5.91 Å². The lowest BCUT2D eigenvalue weighted by Gasteiger charge is -2.24. The van der Waals surface area contributed by atoms with Crippen molar-refractivity contribution in [1.82, 2.24) is 19.8 Å². The van der Waals surface area contributed by atoms with Gasteiger partial charge in [0, 0.05) is 37.9 Å². The molecule has 2 aromatic carbocycles. The summed E-state index contributed by atoms with van der Waals surface area (Å²) in [5, 5.41) is 0. The first kappa shape index (κ1) is 21.3. The highest BCUT2D eigenvalue weighted by molar-refractivity contribution is 6.00. The van der Waals surface area contributed by atoms with Gasteiger partial charge >= 0.3 is 0 Å². The molecule has 3 aromatic rings. The van der Waals surface area contributed by atoms with Crippen LogP contribution in [0.1, 0.15) is 34.6 Å². The number of aryl methyl sites for hydroxylation is 1. The predicted molar refractivity (Wildman–Crippen MR) is 127 cm³/mol. The molecule has 0 saturated carbocycles. The lowest BCUT2D eigenvalue weighted by Crippen LogP contribution is -2.39. The Morgan fingerprint density at radius 1 is 1.00 bits per heavy atom. The number of carbonyl (C=O) groups is 2. The summed E-state index contributed by atoms with van der Waals surface area (Å²) in [5.74, 6) is 0.724. The van der Waals surface area contributed by atoms with Gasteiger partial charge in [-0.25, -0.2) is 9.97 Å². The van der Waals surface area contributed by atoms with Crippen LogP contribution in [-0.4, -0.2) is 57.8 Å². The van der Waals surface area contributed by atoms with Gasteiger partial charge in [-0.15, -0.1) is 0 Å². The van der Waals surface area contributed by atoms with E-state index >= 15 is 0 Å². The fraction of sp³-hybridized carbons (Fsp3) is 0.333. The van der Waals surface area contributed by atoms with E-state index in [4.69, 9.17) is 0 Å². The highest BCUT2D eigenvalue weighted by atomic mass is 16.2. The Hall–Kier alpha value is -3.54. The van der Waals surface area contributed by atoms with Crippen molar-refractivity contribution < 1.29 is 9.59 Å². The van der Waals surface area contributed by atoms with Gasteiger partial charge < -0.3 is 9.80 Å². The van der Waals surface area contributed by atoms with Gasteiger partial charge in [0.15, 0.2) is 0 Å². The molecule has 2 aliphatic heterocycles. The molecule has 2 saturated heterocycles. The van der Waals surface area contributed by atoms with Crippen LogP contribution in [-0.2, 0) is 11.2 Å². The topological polar surface area (TPSA) is 66.4 Å². The summed E-state index contributed by atoms with van der Waals surface area (Å²) in [6.45, 7) is 4.36. The first-order valence-electron chi connectivity index (χ1n) is 11.6. The lowest BCUT2D eigenvalue weighted by atomic mass is 9.85. The summed E-state index contributed by atoms with van der Waals surface area (Å²) in [6.07, 6.45) is 4.00. The Kier molecular flexibility index (Phi) is 5.67. The quantitative estimate of drug-likeness (QED) is 0.606. The van der Waals surface area contributed by atoms with Crippen molar-refractivity contribution in [2.24, 2.45) is 5.41 Å². The summed E-state index contributed by atoms with van der Waals surface area (Å²) >= 11 is 0. The Morgan fingerprint density at radius 2 is 1.70 bits per heavy atom. The number of nitrogens with zero attached hydrogens (tertiary/aromatic N) is 4. The van der Waals surface area contributed by atoms with E-state index in [2.05, 4.69) is 22.1 Å². The zero-order valence-corrected chi connectivity index (χ0v) is 18.9.